The van der Waals surface area contributed by atoms with Crippen molar-refractivity contribution in [3.8, 4) is 5.69 Å². The summed E-state index contributed by atoms with van der Waals surface area (Å²) in [5.74, 6) is 0. The van der Waals surface area contributed by atoms with Crippen molar-refractivity contribution < 1.29 is 0 Å². The first-order chi connectivity index (χ1) is 8.41. The molecule has 0 aliphatic carbocycles. The molecule has 0 radical (unpaired) electrons. The van der Waals surface area contributed by atoms with Gasteiger partial charge in [0.15, 0.2) is 0 Å². The Bertz CT molecular complexity index is 636. The molecular formula is C12H11BrClN3S. The van der Waals surface area contributed by atoms with E-state index in [0.29, 0.717) is 10.0 Å². The van der Waals surface area contributed by atoms with Crippen LogP contribution in [0, 0.1) is 13.8 Å². The molecule has 0 saturated heterocycles. The van der Waals surface area contributed by atoms with Gasteiger partial charge in [-0.3, -0.25) is 0 Å². The summed E-state index contributed by atoms with van der Waals surface area (Å²) in [6.45, 7) is 3.80. The Morgan fingerprint density at radius 1 is 1.44 bits per heavy atom. The largest absolute Gasteiger partial charge is 0.389 e. The van der Waals surface area contributed by atoms with Crippen LogP contribution in [0.15, 0.2) is 22.7 Å². The molecule has 0 aliphatic heterocycles. The van der Waals surface area contributed by atoms with Crippen molar-refractivity contribution in [2.45, 2.75) is 13.8 Å². The van der Waals surface area contributed by atoms with Gasteiger partial charge in [-0.25, -0.2) is 4.68 Å². The molecule has 1 aromatic heterocycles. The van der Waals surface area contributed by atoms with Crippen molar-refractivity contribution >= 4 is 44.7 Å². The molecule has 0 aliphatic rings. The Morgan fingerprint density at radius 3 is 2.56 bits per heavy atom. The van der Waals surface area contributed by atoms with E-state index in [2.05, 4.69) is 21.0 Å². The highest BCUT2D eigenvalue weighted by atomic mass is 79.9. The number of aromatic nitrogens is 2. The van der Waals surface area contributed by atoms with Gasteiger partial charge >= 0.3 is 0 Å². The van der Waals surface area contributed by atoms with Gasteiger partial charge in [-0.15, -0.1) is 0 Å². The number of rotatable bonds is 2. The van der Waals surface area contributed by atoms with E-state index in [4.69, 9.17) is 29.6 Å². The zero-order valence-electron chi connectivity index (χ0n) is 9.87. The highest BCUT2D eigenvalue weighted by molar-refractivity contribution is 9.10. The molecule has 18 heavy (non-hydrogen) atoms. The van der Waals surface area contributed by atoms with Gasteiger partial charge in [0.05, 0.1) is 22.1 Å². The molecule has 0 bridgehead atoms. The predicted molar refractivity (Wildman–Crippen MR) is 81.6 cm³/mol. The Kier molecular flexibility index (Phi) is 3.75. The molecule has 94 valence electrons. The number of halogens is 2. The Balaban J connectivity index is 2.58. The topological polar surface area (TPSA) is 43.8 Å². The van der Waals surface area contributed by atoms with E-state index in [1.165, 1.54) is 0 Å². The smallest absolute Gasteiger partial charge is 0.104 e. The van der Waals surface area contributed by atoms with Crippen molar-refractivity contribution in [3.05, 3.63) is 44.6 Å². The summed E-state index contributed by atoms with van der Waals surface area (Å²) in [7, 11) is 0. The number of nitrogens with zero attached hydrogens (tertiary/aromatic N) is 2. The molecule has 3 nitrogen and oxygen atoms in total. The van der Waals surface area contributed by atoms with Crippen molar-refractivity contribution in [1.29, 1.82) is 0 Å². The van der Waals surface area contributed by atoms with Gasteiger partial charge in [-0.1, -0.05) is 23.8 Å². The Hall–Kier alpha value is -0.910. The second kappa shape index (κ2) is 4.99. The van der Waals surface area contributed by atoms with Gasteiger partial charge < -0.3 is 5.73 Å². The monoisotopic (exact) mass is 343 g/mol. The molecule has 0 amide bonds. The van der Waals surface area contributed by atoms with Gasteiger partial charge in [-0.2, -0.15) is 5.10 Å². The minimum atomic E-state index is 0.369. The molecule has 0 fully saturated rings. The molecule has 0 spiro atoms. The van der Waals surface area contributed by atoms with Crippen LogP contribution in [0.1, 0.15) is 17.0 Å². The zero-order valence-corrected chi connectivity index (χ0v) is 13.0. The fourth-order valence-corrected chi connectivity index (χ4v) is 2.48. The van der Waals surface area contributed by atoms with E-state index in [9.17, 15) is 0 Å². The number of hydrogen-bond acceptors (Lipinski definition) is 2. The number of aryl methyl sites for hydroxylation is 1. The van der Waals surface area contributed by atoms with Gasteiger partial charge in [0.25, 0.3) is 0 Å². The van der Waals surface area contributed by atoms with Crippen LogP contribution in [0.5, 0.6) is 0 Å². The molecule has 2 aromatic rings. The third-order valence-electron chi connectivity index (χ3n) is 2.66. The average molecular weight is 345 g/mol. The summed E-state index contributed by atoms with van der Waals surface area (Å²) in [5.41, 5.74) is 9.02. The van der Waals surface area contributed by atoms with Crippen LogP contribution in [0.2, 0.25) is 5.02 Å². The molecule has 0 saturated carbocycles. The maximum atomic E-state index is 6.14. The maximum absolute atomic E-state index is 6.14. The fourth-order valence-electron chi connectivity index (χ4n) is 1.69. The molecular weight excluding hydrogens is 334 g/mol. The molecule has 0 unspecified atom stereocenters. The number of benzene rings is 1. The molecule has 6 heteroatoms. The van der Waals surface area contributed by atoms with Crippen LogP contribution in [0.3, 0.4) is 0 Å². The maximum Gasteiger partial charge on any atom is 0.104 e. The number of hydrogen-bond donors (Lipinski definition) is 1. The normalized spacial score (nSPS) is 10.7. The standard InChI is InChI=1S/C12H11BrClN3S/c1-6-11(14)7(2)17(16-6)10-4-3-8(12(15)18)5-9(10)13/h3-5H,1-2H3,(H2,15,18). The highest BCUT2D eigenvalue weighted by Crippen LogP contribution is 2.27. The SMILES string of the molecule is Cc1nn(-c2ccc(C(N)=S)cc2Br)c(C)c1Cl. The van der Waals surface area contributed by atoms with Gasteiger partial charge in [0.2, 0.25) is 0 Å². The summed E-state index contributed by atoms with van der Waals surface area (Å²) in [6.07, 6.45) is 0. The average Bonchev–Trinajstić information content (AvgIpc) is 2.57. The summed E-state index contributed by atoms with van der Waals surface area (Å²) in [5, 5.41) is 5.09. The molecule has 2 rings (SSSR count). The first-order valence-electron chi connectivity index (χ1n) is 5.23. The van der Waals surface area contributed by atoms with Crippen LogP contribution < -0.4 is 5.73 Å². The lowest BCUT2D eigenvalue weighted by molar-refractivity contribution is 0.830. The van der Waals surface area contributed by atoms with E-state index < -0.39 is 0 Å². The predicted octanol–water partition coefficient (Wildman–Crippen LogP) is 3.54. The van der Waals surface area contributed by atoms with Gasteiger partial charge in [-0.05, 0) is 48.0 Å². The first-order valence-corrected chi connectivity index (χ1v) is 6.81. The van der Waals surface area contributed by atoms with Crippen LogP contribution in [0.25, 0.3) is 5.69 Å². The van der Waals surface area contributed by atoms with Crippen LogP contribution in [-0.2, 0) is 0 Å². The van der Waals surface area contributed by atoms with Crippen molar-refractivity contribution in [2.24, 2.45) is 5.73 Å². The summed E-state index contributed by atoms with van der Waals surface area (Å²) >= 11 is 14.6. The van der Waals surface area contributed by atoms with Crippen LogP contribution in [-0.4, -0.2) is 14.8 Å². The lowest BCUT2D eigenvalue weighted by Crippen LogP contribution is -2.10. The lowest BCUT2D eigenvalue weighted by atomic mass is 10.2. The molecule has 1 aromatic carbocycles. The third-order valence-corrected chi connectivity index (χ3v) is 4.08. The van der Waals surface area contributed by atoms with Crippen molar-refractivity contribution in [3.63, 3.8) is 0 Å². The second-order valence-corrected chi connectivity index (χ2v) is 5.60. The van der Waals surface area contributed by atoms with Crippen LogP contribution >= 0.6 is 39.7 Å². The van der Waals surface area contributed by atoms with E-state index in [-0.39, 0.29) is 0 Å². The minimum Gasteiger partial charge on any atom is -0.389 e. The first kappa shape index (κ1) is 13.5. The highest BCUT2D eigenvalue weighted by Gasteiger charge is 2.13. The van der Waals surface area contributed by atoms with E-state index in [0.717, 1.165) is 27.1 Å². The number of thiocarbonyl (C=S) groups is 1. The van der Waals surface area contributed by atoms with Crippen molar-refractivity contribution in [2.75, 3.05) is 0 Å². The van der Waals surface area contributed by atoms with E-state index in [1.54, 1.807) is 4.68 Å². The summed E-state index contributed by atoms with van der Waals surface area (Å²) in [4.78, 5) is 0.369. The minimum absolute atomic E-state index is 0.369. The van der Waals surface area contributed by atoms with Crippen molar-refractivity contribution in [1.82, 2.24) is 9.78 Å². The van der Waals surface area contributed by atoms with Gasteiger partial charge in [0.1, 0.15) is 4.99 Å². The second-order valence-electron chi connectivity index (χ2n) is 3.93. The number of nitrogens with two attached hydrogens (primary N) is 1. The van der Waals surface area contributed by atoms with E-state index in [1.807, 2.05) is 32.0 Å². The lowest BCUT2D eigenvalue weighted by Gasteiger charge is -2.08. The fraction of sp³-hybridized carbons (Fsp3) is 0.167. The van der Waals surface area contributed by atoms with E-state index >= 15 is 0 Å². The zero-order chi connectivity index (χ0) is 13.4. The van der Waals surface area contributed by atoms with Gasteiger partial charge in [0, 0.05) is 10.0 Å². The van der Waals surface area contributed by atoms with Crippen LogP contribution in [0.4, 0.5) is 0 Å². The summed E-state index contributed by atoms with van der Waals surface area (Å²) in [6, 6.07) is 5.66. The molecule has 1 heterocycles. The summed E-state index contributed by atoms with van der Waals surface area (Å²) < 4.78 is 2.67. The molecule has 0 atom stereocenters. The quantitative estimate of drug-likeness (QED) is 0.848. The Morgan fingerprint density at radius 2 is 2.11 bits per heavy atom. The third kappa shape index (κ3) is 2.30. The Labute approximate surface area is 124 Å². The molecule has 2 N–H and O–H groups in total.